The minimum Gasteiger partial charge on any atom is -0.438 e. The van der Waals surface area contributed by atoms with Crippen molar-refractivity contribution >= 4 is 27.0 Å². The van der Waals surface area contributed by atoms with Gasteiger partial charge < -0.3 is 9.73 Å². The maximum atomic E-state index is 5.66. The third-order valence-electron chi connectivity index (χ3n) is 2.53. The molecule has 1 heterocycles. The van der Waals surface area contributed by atoms with E-state index in [1.807, 2.05) is 18.2 Å². The minimum absolute atomic E-state index is 0.684. The van der Waals surface area contributed by atoms with Crippen molar-refractivity contribution in [2.75, 3.05) is 0 Å². The first kappa shape index (κ1) is 9.36. The highest BCUT2D eigenvalue weighted by Crippen LogP contribution is 2.25. The fourth-order valence-corrected chi connectivity index (χ4v) is 1.99. The Hall–Kier alpha value is -0.870. The van der Waals surface area contributed by atoms with Crippen molar-refractivity contribution in [1.29, 1.82) is 0 Å². The molecule has 1 aliphatic rings. The summed E-state index contributed by atoms with van der Waals surface area (Å²) in [6.45, 7) is 0.728. The predicted molar refractivity (Wildman–Crippen MR) is 61.6 cm³/mol. The Kier molecular flexibility index (Phi) is 2.25. The second-order valence-electron chi connectivity index (χ2n) is 3.85. The largest absolute Gasteiger partial charge is 0.438 e. The van der Waals surface area contributed by atoms with E-state index in [1.165, 1.54) is 12.8 Å². The summed E-state index contributed by atoms with van der Waals surface area (Å²) in [6, 6.07) is 6.58. The number of nitrogens with zero attached hydrogens (tertiary/aromatic N) is 1. The number of oxazole rings is 1. The molecule has 0 amide bonds. The number of halogens is 1. The Bertz CT molecular complexity index is 490. The minimum atomic E-state index is 0.684. The van der Waals surface area contributed by atoms with E-state index in [0.717, 1.165) is 28.0 Å². The quantitative estimate of drug-likeness (QED) is 0.929. The zero-order chi connectivity index (χ0) is 10.3. The van der Waals surface area contributed by atoms with Crippen LogP contribution in [0, 0.1) is 0 Å². The van der Waals surface area contributed by atoms with Crippen LogP contribution < -0.4 is 5.32 Å². The van der Waals surface area contributed by atoms with Gasteiger partial charge in [0, 0.05) is 6.04 Å². The average Bonchev–Trinajstić information content (AvgIpc) is 2.95. The molecule has 0 atom stereocenters. The van der Waals surface area contributed by atoms with Gasteiger partial charge in [-0.2, -0.15) is 0 Å². The number of hydrogen-bond donors (Lipinski definition) is 1. The van der Waals surface area contributed by atoms with Gasteiger partial charge in [-0.25, -0.2) is 4.98 Å². The first-order valence-corrected chi connectivity index (χ1v) is 5.89. The summed E-state index contributed by atoms with van der Waals surface area (Å²) >= 11 is 3.45. The molecule has 0 saturated heterocycles. The summed E-state index contributed by atoms with van der Waals surface area (Å²) in [5, 5.41) is 3.38. The zero-order valence-electron chi connectivity index (χ0n) is 8.16. The van der Waals surface area contributed by atoms with Crippen LogP contribution in [0.25, 0.3) is 11.1 Å². The number of benzene rings is 1. The number of fused-ring (bicyclic) bond motifs is 1. The monoisotopic (exact) mass is 266 g/mol. The molecule has 78 valence electrons. The molecule has 0 aliphatic heterocycles. The van der Waals surface area contributed by atoms with E-state index in [4.69, 9.17) is 4.42 Å². The molecule has 1 N–H and O–H groups in total. The molecule has 1 saturated carbocycles. The highest BCUT2D eigenvalue weighted by atomic mass is 79.9. The third kappa shape index (κ3) is 1.92. The molecule has 1 fully saturated rings. The van der Waals surface area contributed by atoms with Crippen LogP contribution in [-0.4, -0.2) is 11.0 Å². The summed E-state index contributed by atoms with van der Waals surface area (Å²) in [5.41, 5.74) is 1.75. The second-order valence-corrected chi connectivity index (χ2v) is 4.71. The number of hydrogen-bond acceptors (Lipinski definition) is 3. The molecule has 0 spiro atoms. The Labute approximate surface area is 96.0 Å². The Morgan fingerprint density at radius 3 is 3.07 bits per heavy atom. The number of rotatable bonds is 3. The van der Waals surface area contributed by atoms with Gasteiger partial charge >= 0.3 is 0 Å². The summed E-state index contributed by atoms with van der Waals surface area (Å²) < 4.78 is 6.62. The van der Waals surface area contributed by atoms with Gasteiger partial charge in [0.1, 0.15) is 5.52 Å². The van der Waals surface area contributed by atoms with E-state index < -0.39 is 0 Å². The molecule has 3 nitrogen and oxygen atoms in total. The average molecular weight is 267 g/mol. The fourth-order valence-electron chi connectivity index (χ4n) is 1.56. The first-order chi connectivity index (χ1) is 7.33. The van der Waals surface area contributed by atoms with E-state index in [-0.39, 0.29) is 0 Å². The van der Waals surface area contributed by atoms with Crippen molar-refractivity contribution in [3.05, 3.63) is 28.6 Å². The van der Waals surface area contributed by atoms with Gasteiger partial charge in [-0.3, -0.25) is 0 Å². The van der Waals surface area contributed by atoms with Gasteiger partial charge in [0.15, 0.2) is 5.58 Å². The Morgan fingerprint density at radius 2 is 2.33 bits per heavy atom. The van der Waals surface area contributed by atoms with Crippen LogP contribution in [0.15, 0.2) is 27.1 Å². The van der Waals surface area contributed by atoms with E-state index in [1.54, 1.807) is 0 Å². The fraction of sp³-hybridized carbons (Fsp3) is 0.364. The second kappa shape index (κ2) is 3.61. The van der Waals surface area contributed by atoms with Gasteiger partial charge in [-0.05, 0) is 40.9 Å². The lowest BCUT2D eigenvalue weighted by Crippen LogP contribution is -2.15. The lowest BCUT2D eigenvalue weighted by molar-refractivity contribution is 0.493. The number of para-hydroxylation sites is 1. The highest BCUT2D eigenvalue weighted by molar-refractivity contribution is 9.10. The Balaban J connectivity index is 1.88. The third-order valence-corrected chi connectivity index (χ3v) is 3.15. The number of nitrogens with one attached hydrogen (secondary N) is 1. The lowest BCUT2D eigenvalue weighted by Gasteiger charge is -1.95. The molecule has 0 unspecified atom stereocenters. The molecular weight excluding hydrogens is 256 g/mol. The van der Waals surface area contributed by atoms with Gasteiger partial charge in [0.2, 0.25) is 5.89 Å². The summed E-state index contributed by atoms with van der Waals surface area (Å²) in [6.07, 6.45) is 2.56. The van der Waals surface area contributed by atoms with Crippen LogP contribution in [0.4, 0.5) is 0 Å². The molecule has 15 heavy (non-hydrogen) atoms. The zero-order valence-corrected chi connectivity index (χ0v) is 9.75. The maximum absolute atomic E-state index is 5.66. The van der Waals surface area contributed by atoms with Gasteiger partial charge in [0.25, 0.3) is 0 Å². The summed E-state index contributed by atoms with van der Waals surface area (Å²) in [4.78, 5) is 4.41. The van der Waals surface area contributed by atoms with Gasteiger partial charge in [0.05, 0.1) is 11.0 Å². The van der Waals surface area contributed by atoms with Crippen LogP contribution in [0.1, 0.15) is 18.7 Å². The molecule has 0 radical (unpaired) electrons. The van der Waals surface area contributed by atoms with Crippen LogP contribution in [0.5, 0.6) is 0 Å². The van der Waals surface area contributed by atoms with Gasteiger partial charge in [-0.15, -0.1) is 0 Å². The molecular formula is C11H11BrN2O. The first-order valence-electron chi connectivity index (χ1n) is 5.10. The number of aromatic nitrogens is 1. The van der Waals surface area contributed by atoms with E-state index in [9.17, 15) is 0 Å². The van der Waals surface area contributed by atoms with E-state index in [0.29, 0.717) is 6.04 Å². The predicted octanol–water partition coefficient (Wildman–Crippen LogP) is 2.84. The summed E-state index contributed by atoms with van der Waals surface area (Å²) in [7, 11) is 0. The van der Waals surface area contributed by atoms with Crippen LogP contribution in [-0.2, 0) is 6.54 Å². The normalized spacial score (nSPS) is 16.1. The molecule has 4 heteroatoms. The smallest absolute Gasteiger partial charge is 0.209 e. The van der Waals surface area contributed by atoms with Crippen molar-refractivity contribution in [2.45, 2.75) is 25.4 Å². The van der Waals surface area contributed by atoms with E-state index in [2.05, 4.69) is 26.2 Å². The maximum Gasteiger partial charge on any atom is 0.209 e. The molecule has 1 aliphatic carbocycles. The van der Waals surface area contributed by atoms with Crippen LogP contribution in [0.3, 0.4) is 0 Å². The van der Waals surface area contributed by atoms with Gasteiger partial charge in [-0.1, -0.05) is 6.07 Å². The van der Waals surface area contributed by atoms with Crippen molar-refractivity contribution in [3.63, 3.8) is 0 Å². The topological polar surface area (TPSA) is 38.1 Å². The van der Waals surface area contributed by atoms with Crippen LogP contribution in [0.2, 0.25) is 0 Å². The van der Waals surface area contributed by atoms with Crippen molar-refractivity contribution < 1.29 is 4.42 Å². The van der Waals surface area contributed by atoms with E-state index >= 15 is 0 Å². The van der Waals surface area contributed by atoms with Crippen molar-refractivity contribution in [3.8, 4) is 0 Å². The SMILES string of the molecule is Brc1cccc2nc(CNC3CC3)oc12. The highest BCUT2D eigenvalue weighted by Gasteiger charge is 2.21. The molecule has 0 bridgehead atoms. The molecule has 2 aromatic rings. The molecule has 1 aromatic carbocycles. The Morgan fingerprint density at radius 1 is 1.47 bits per heavy atom. The van der Waals surface area contributed by atoms with Crippen molar-refractivity contribution in [2.24, 2.45) is 0 Å². The molecule has 1 aromatic heterocycles. The van der Waals surface area contributed by atoms with Crippen LogP contribution >= 0.6 is 15.9 Å². The lowest BCUT2D eigenvalue weighted by atomic mass is 10.3. The molecule has 3 rings (SSSR count). The van der Waals surface area contributed by atoms with Crippen molar-refractivity contribution in [1.82, 2.24) is 10.3 Å². The standard InChI is InChI=1S/C11H11BrN2O/c12-8-2-1-3-9-11(8)15-10(14-9)6-13-7-4-5-7/h1-3,7,13H,4-6H2. The summed E-state index contributed by atoms with van der Waals surface area (Å²) in [5.74, 6) is 0.767.